The third-order valence-corrected chi connectivity index (χ3v) is 5.80. The third kappa shape index (κ3) is 3.12. The lowest BCUT2D eigenvalue weighted by Gasteiger charge is -2.32. The van der Waals surface area contributed by atoms with Crippen molar-refractivity contribution in [2.45, 2.75) is 19.4 Å². The van der Waals surface area contributed by atoms with E-state index < -0.39 is 0 Å². The van der Waals surface area contributed by atoms with Crippen molar-refractivity contribution in [3.05, 3.63) is 94.5 Å². The number of amides is 2. The minimum absolute atomic E-state index is 0.0980. The van der Waals surface area contributed by atoms with Crippen molar-refractivity contribution in [1.82, 2.24) is 4.90 Å². The van der Waals surface area contributed by atoms with Gasteiger partial charge < -0.3 is 9.32 Å². The van der Waals surface area contributed by atoms with Crippen molar-refractivity contribution < 1.29 is 14.0 Å². The van der Waals surface area contributed by atoms with Crippen molar-refractivity contribution in [2.24, 2.45) is 0 Å². The summed E-state index contributed by atoms with van der Waals surface area (Å²) in [6.45, 7) is 0.776. The van der Waals surface area contributed by atoms with E-state index in [0.29, 0.717) is 34.2 Å². The Morgan fingerprint density at radius 1 is 0.933 bits per heavy atom. The van der Waals surface area contributed by atoms with E-state index in [1.54, 1.807) is 36.4 Å². The molecule has 0 radical (unpaired) electrons. The number of rotatable bonds is 4. The number of halogens is 1. The van der Waals surface area contributed by atoms with Crippen LogP contribution in [0.2, 0.25) is 5.02 Å². The number of para-hydroxylation sites is 1. The molecular formula is C24H19ClN2O3. The zero-order valence-corrected chi connectivity index (χ0v) is 16.9. The van der Waals surface area contributed by atoms with Gasteiger partial charge in [-0.15, -0.1) is 0 Å². The van der Waals surface area contributed by atoms with Gasteiger partial charge in [-0.1, -0.05) is 41.9 Å². The van der Waals surface area contributed by atoms with E-state index in [1.165, 1.54) is 16.7 Å². The summed E-state index contributed by atoms with van der Waals surface area (Å²) in [6.07, 6.45) is 3.40. The monoisotopic (exact) mass is 418 g/mol. The van der Waals surface area contributed by atoms with Gasteiger partial charge in [-0.2, -0.15) is 0 Å². The molecule has 2 aromatic carbocycles. The standard InChI is InChI=1S/C24H19ClN2O3/c25-18-11-9-17(10-12-18)21-22(26-13-3-6-16-5-1-2-8-20(16)26)24(29)27(23(21)28)15-19-7-4-14-30-19/h1-2,4-5,7-12,14H,3,6,13,15H2. The van der Waals surface area contributed by atoms with Gasteiger partial charge in [0.15, 0.2) is 0 Å². The Hall–Kier alpha value is -3.31. The van der Waals surface area contributed by atoms with E-state index in [2.05, 4.69) is 6.07 Å². The maximum atomic E-state index is 13.5. The van der Waals surface area contributed by atoms with Crippen LogP contribution in [-0.4, -0.2) is 23.3 Å². The van der Waals surface area contributed by atoms with E-state index in [-0.39, 0.29) is 18.4 Å². The average molecular weight is 419 g/mol. The third-order valence-electron chi connectivity index (χ3n) is 5.55. The fourth-order valence-electron chi connectivity index (χ4n) is 4.16. The molecule has 3 aromatic rings. The number of furan rings is 1. The summed E-state index contributed by atoms with van der Waals surface area (Å²) in [7, 11) is 0. The molecule has 0 aliphatic carbocycles. The molecule has 2 amide bonds. The van der Waals surface area contributed by atoms with Crippen LogP contribution in [0.1, 0.15) is 23.3 Å². The molecule has 0 bridgehead atoms. The Balaban J connectivity index is 1.64. The lowest BCUT2D eigenvalue weighted by Crippen LogP contribution is -2.36. The fraction of sp³-hybridized carbons (Fsp3) is 0.167. The first-order valence-corrected chi connectivity index (χ1v) is 10.3. The molecule has 0 spiro atoms. The second-order valence-electron chi connectivity index (χ2n) is 7.39. The van der Waals surface area contributed by atoms with Crippen LogP contribution < -0.4 is 4.90 Å². The van der Waals surface area contributed by atoms with E-state index in [4.69, 9.17) is 16.0 Å². The van der Waals surface area contributed by atoms with Crippen LogP contribution in [0.25, 0.3) is 5.57 Å². The van der Waals surface area contributed by atoms with E-state index in [9.17, 15) is 9.59 Å². The highest BCUT2D eigenvalue weighted by atomic mass is 35.5. The van der Waals surface area contributed by atoms with Gasteiger partial charge in [0.1, 0.15) is 11.5 Å². The Labute approximate surface area is 179 Å². The minimum atomic E-state index is -0.322. The first-order valence-electron chi connectivity index (χ1n) is 9.88. The van der Waals surface area contributed by atoms with Gasteiger partial charge in [-0.3, -0.25) is 14.5 Å². The maximum Gasteiger partial charge on any atom is 0.278 e. The van der Waals surface area contributed by atoms with Crippen LogP contribution in [0.5, 0.6) is 0 Å². The van der Waals surface area contributed by atoms with Crippen molar-refractivity contribution in [3.8, 4) is 0 Å². The molecule has 30 heavy (non-hydrogen) atoms. The van der Waals surface area contributed by atoms with Gasteiger partial charge in [0.05, 0.1) is 18.4 Å². The van der Waals surface area contributed by atoms with Gasteiger partial charge in [-0.25, -0.2) is 0 Å². The number of carbonyl (C=O) groups is 2. The summed E-state index contributed by atoms with van der Waals surface area (Å²) in [5.74, 6) is -0.0673. The van der Waals surface area contributed by atoms with Crippen molar-refractivity contribution in [1.29, 1.82) is 0 Å². The highest BCUT2D eigenvalue weighted by Crippen LogP contribution is 2.38. The van der Waals surface area contributed by atoms with E-state index >= 15 is 0 Å². The molecule has 6 heteroatoms. The van der Waals surface area contributed by atoms with E-state index in [0.717, 1.165) is 18.5 Å². The maximum absolute atomic E-state index is 13.5. The van der Waals surface area contributed by atoms with Crippen molar-refractivity contribution in [3.63, 3.8) is 0 Å². The summed E-state index contributed by atoms with van der Waals surface area (Å²) in [6, 6.07) is 18.6. The number of carbonyl (C=O) groups excluding carboxylic acids is 2. The second-order valence-corrected chi connectivity index (χ2v) is 7.83. The topological polar surface area (TPSA) is 53.8 Å². The minimum Gasteiger partial charge on any atom is -0.467 e. The van der Waals surface area contributed by atoms with Crippen LogP contribution in [0.3, 0.4) is 0 Å². The van der Waals surface area contributed by atoms with Crippen molar-refractivity contribution in [2.75, 3.05) is 11.4 Å². The molecule has 0 fully saturated rings. The fourth-order valence-corrected chi connectivity index (χ4v) is 4.28. The molecule has 0 saturated heterocycles. The van der Waals surface area contributed by atoms with Gasteiger partial charge in [-0.05, 0) is 54.3 Å². The number of fused-ring (bicyclic) bond motifs is 1. The zero-order chi connectivity index (χ0) is 20.7. The summed E-state index contributed by atoms with van der Waals surface area (Å²) in [5.41, 5.74) is 3.65. The Bertz CT molecular complexity index is 1150. The van der Waals surface area contributed by atoms with Crippen LogP contribution in [0.15, 0.2) is 77.0 Å². The number of imide groups is 1. The number of nitrogens with zero attached hydrogens (tertiary/aromatic N) is 2. The highest BCUT2D eigenvalue weighted by molar-refractivity contribution is 6.37. The quantitative estimate of drug-likeness (QED) is 0.578. The van der Waals surface area contributed by atoms with Crippen LogP contribution in [-0.2, 0) is 22.6 Å². The number of hydrogen-bond acceptors (Lipinski definition) is 4. The smallest absolute Gasteiger partial charge is 0.278 e. The molecule has 5 nitrogen and oxygen atoms in total. The average Bonchev–Trinajstić information content (AvgIpc) is 3.36. The van der Waals surface area contributed by atoms with Gasteiger partial charge in [0.2, 0.25) is 0 Å². The van der Waals surface area contributed by atoms with Crippen LogP contribution in [0, 0.1) is 0 Å². The Morgan fingerprint density at radius 2 is 1.73 bits per heavy atom. The molecule has 3 heterocycles. The molecule has 0 N–H and O–H groups in total. The number of anilines is 1. The predicted molar refractivity (Wildman–Crippen MR) is 115 cm³/mol. The van der Waals surface area contributed by atoms with Crippen LogP contribution in [0.4, 0.5) is 5.69 Å². The molecular weight excluding hydrogens is 400 g/mol. The van der Waals surface area contributed by atoms with Crippen LogP contribution >= 0.6 is 11.6 Å². The van der Waals surface area contributed by atoms with Gasteiger partial charge in [0.25, 0.3) is 11.8 Å². The molecule has 5 rings (SSSR count). The summed E-state index contributed by atoms with van der Waals surface area (Å²) in [5, 5.41) is 0.577. The zero-order valence-electron chi connectivity index (χ0n) is 16.2. The SMILES string of the molecule is O=C1C(c2ccc(Cl)cc2)=C(N2CCCc3ccccc32)C(=O)N1Cc1ccco1. The lowest BCUT2D eigenvalue weighted by atomic mass is 9.98. The summed E-state index contributed by atoms with van der Waals surface area (Å²) >= 11 is 6.06. The highest BCUT2D eigenvalue weighted by Gasteiger charge is 2.43. The lowest BCUT2D eigenvalue weighted by molar-refractivity contribution is -0.137. The molecule has 2 aliphatic heterocycles. The molecule has 0 saturated carbocycles. The molecule has 0 unspecified atom stereocenters. The largest absolute Gasteiger partial charge is 0.467 e. The molecule has 150 valence electrons. The summed E-state index contributed by atoms with van der Waals surface area (Å²) in [4.78, 5) is 30.2. The molecule has 1 aromatic heterocycles. The molecule has 2 aliphatic rings. The van der Waals surface area contributed by atoms with Gasteiger partial charge in [0, 0.05) is 17.3 Å². The van der Waals surface area contributed by atoms with Gasteiger partial charge >= 0.3 is 0 Å². The number of benzene rings is 2. The predicted octanol–water partition coefficient (Wildman–Crippen LogP) is 4.67. The second kappa shape index (κ2) is 7.50. The number of hydrogen-bond donors (Lipinski definition) is 0. The number of aryl methyl sites for hydroxylation is 1. The molecule has 0 atom stereocenters. The summed E-state index contributed by atoms with van der Waals surface area (Å²) < 4.78 is 5.39. The van der Waals surface area contributed by atoms with Crippen molar-refractivity contribution >= 4 is 34.7 Å². The van der Waals surface area contributed by atoms with E-state index in [1.807, 2.05) is 23.1 Å². The first kappa shape index (κ1) is 18.7. The first-order chi connectivity index (χ1) is 14.6. The Kier molecular flexibility index (Phi) is 4.68. The normalized spacial score (nSPS) is 16.4. The Morgan fingerprint density at radius 3 is 2.50 bits per heavy atom.